The second-order valence-electron chi connectivity index (χ2n) is 4.03. The number of hydrogen-bond acceptors (Lipinski definition) is 4. The first-order valence-electron chi connectivity index (χ1n) is 5.75. The van der Waals surface area contributed by atoms with E-state index in [1.807, 2.05) is 0 Å². The van der Waals surface area contributed by atoms with Crippen molar-refractivity contribution in [2.45, 2.75) is 6.54 Å². The molecule has 7 heteroatoms. The predicted molar refractivity (Wildman–Crippen MR) is 72.6 cm³/mol. The summed E-state index contributed by atoms with van der Waals surface area (Å²) in [6.45, 7) is 0.327. The lowest BCUT2D eigenvalue weighted by Gasteiger charge is -2.07. The zero-order valence-corrected chi connectivity index (χ0v) is 10.4. The van der Waals surface area contributed by atoms with Crippen molar-refractivity contribution in [2.24, 2.45) is 5.73 Å². The molecule has 0 saturated carbocycles. The molecule has 0 aliphatic heterocycles. The highest BCUT2D eigenvalue weighted by Crippen LogP contribution is 2.16. The molecule has 2 rings (SSSR count). The van der Waals surface area contributed by atoms with Gasteiger partial charge in [-0.25, -0.2) is 9.59 Å². The van der Waals surface area contributed by atoms with E-state index in [4.69, 9.17) is 15.3 Å². The number of nitrogens with one attached hydrogen (secondary N) is 2. The van der Waals surface area contributed by atoms with Gasteiger partial charge < -0.3 is 25.9 Å². The standard InChI is InChI=1S/C13H13N3O4/c14-13(19)16-10-3-1-2-9(5-10)15-6-11-4-8(7-20-11)12(17)18/h1-5,7,15H,6H2,(H,17,18)(H3,14,16,19). The summed E-state index contributed by atoms with van der Waals surface area (Å²) in [7, 11) is 0. The Balaban J connectivity index is 1.99. The number of primary amides is 1. The highest BCUT2D eigenvalue weighted by Gasteiger charge is 2.08. The van der Waals surface area contributed by atoms with Gasteiger partial charge in [-0.3, -0.25) is 0 Å². The molecule has 1 heterocycles. The van der Waals surface area contributed by atoms with Crippen LogP contribution in [0.25, 0.3) is 0 Å². The highest BCUT2D eigenvalue weighted by molar-refractivity contribution is 5.88. The first kappa shape index (κ1) is 13.5. The summed E-state index contributed by atoms with van der Waals surface area (Å²) in [5.74, 6) is -0.539. The lowest BCUT2D eigenvalue weighted by Crippen LogP contribution is -2.19. The van der Waals surface area contributed by atoms with Crippen molar-refractivity contribution in [3.8, 4) is 0 Å². The van der Waals surface area contributed by atoms with Crippen LogP contribution in [0.1, 0.15) is 16.1 Å². The van der Waals surface area contributed by atoms with Gasteiger partial charge in [0.25, 0.3) is 0 Å². The van der Waals surface area contributed by atoms with E-state index < -0.39 is 12.0 Å². The fourth-order valence-corrected chi connectivity index (χ4v) is 1.62. The number of aromatic carboxylic acids is 1. The van der Waals surface area contributed by atoms with Gasteiger partial charge in [-0.2, -0.15) is 0 Å². The SMILES string of the molecule is NC(=O)Nc1cccc(NCc2cc(C(=O)O)co2)c1. The van der Waals surface area contributed by atoms with E-state index in [1.165, 1.54) is 12.3 Å². The number of carbonyl (C=O) groups is 2. The van der Waals surface area contributed by atoms with Gasteiger partial charge in [0.1, 0.15) is 12.0 Å². The number of rotatable bonds is 5. The van der Waals surface area contributed by atoms with Crippen molar-refractivity contribution in [2.75, 3.05) is 10.6 Å². The summed E-state index contributed by atoms with van der Waals surface area (Å²) in [6.07, 6.45) is 1.18. The number of carbonyl (C=O) groups excluding carboxylic acids is 1. The molecule has 20 heavy (non-hydrogen) atoms. The maximum atomic E-state index is 10.7. The third-order valence-electron chi connectivity index (χ3n) is 2.50. The normalized spacial score (nSPS) is 10.0. The quantitative estimate of drug-likeness (QED) is 0.666. The van der Waals surface area contributed by atoms with Gasteiger partial charge in [0.15, 0.2) is 0 Å². The summed E-state index contributed by atoms with van der Waals surface area (Å²) in [4.78, 5) is 21.4. The van der Waals surface area contributed by atoms with Crippen LogP contribution in [-0.4, -0.2) is 17.1 Å². The third kappa shape index (κ3) is 3.52. The van der Waals surface area contributed by atoms with Crippen LogP contribution >= 0.6 is 0 Å². The fraction of sp³-hybridized carbons (Fsp3) is 0.0769. The van der Waals surface area contributed by atoms with E-state index in [2.05, 4.69) is 10.6 Å². The monoisotopic (exact) mass is 275 g/mol. The number of furan rings is 1. The summed E-state index contributed by atoms with van der Waals surface area (Å²) < 4.78 is 5.11. The molecule has 0 bridgehead atoms. The average molecular weight is 275 g/mol. The smallest absolute Gasteiger partial charge is 0.338 e. The van der Waals surface area contributed by atoms with Crippen LogP contribution < -0.4 is 16.4 Å². The van der Waals surface area contributed by atoms with E-state index in [9.17, 15) is 9.59 Å². The van der Waals surface area contributed by atoms with Gasteiger partial charge >= 0.3 is 12.0 Å². The molecule has 0 radical (unpaired) electrons. The van der Waals surface area contributed by atoms with Crippen molar-refractivity contribution >= 4 is 23.4 Å². The van der Waals surface area contributed by atoms with Crippen molar-refractivity contribution < 1.29 is 19.1 Å². The maximum Gasteiger partial charge on any atom is 0.338 e. The van der Waals surface area contributed by atoms with Gasteiger partial charge in [0.2, 0.25) is 0 Å². The Morgan fingerprint density at radius 1 is 1.25 bits per heavy atom. The minimum atomic E-state index is -1.03. The van der Waals surface area contributed by atoms with E-state index in [-0.39, 0.29) is 5.56 Å². The van der Waals surface area contributed by atoms with Crippen molar-refractivity contribution in [1.29, 1.82) is 0 Å². The topological polar surface area (TPSA) is 118 Å². The van der Waals surface area contributed by atoms with Crippen LogP contribution in [-0.2, 0) is 6.54 Å². The zero-order valence-electron chi connectivity index (χ0n) is 10.4. The molecule has 7 nitrogen and oxygen atoms in total. The molecule has 0 aliphatic carbocycles. The first-order chi connectivity index (χ1) is 9.54. The molecule has 2 aromatic rings. The van der Waals surface area contributed by atoms with E-state index in [0.29, 0.717) is 18.0 Å². The maximum absolute atomic E-state index is 10.7. The van der Waals surface area contributed by atoms with E-state index in [0.717, 1.165) is 5.69 Å². The largest absolute Gasteiger partial charge is 0.478 e. The number of anilines is 2. The van der Waals surface area contributed by atoms with Crippen molar-refractivity contribution in [3.05, 3.63) is 47.9 Å². The lowest BCUT2D eigenvalue weighted by molar-refractivity contribution is 0.0696. The first-order valence-corrected chi connectivity index (χ1v) is 5.75. The summed E-state index contributed by atoms with van der Waals surface area (Å²) in [5, 5.41) is 14.3. The molecule has 0 atom stereocenters. The zero-order chi connectivity index (χ0) is 14.5. The van der Waals surface area contributed by atoms with E-state index >= 15 is 0 Å². The van der Waals surface area contributed by atoms with Crippen LogP contribution in [0.4, 0.5) is 16.2 Å². The Morgan fingerprint density at radius 2 is 2.00 bits per heavy atom. The second-order valence-corrected chi connectivity index (χ2v) is 4.03. The number of carboxylic acid groups (broad SMARTS) is 1. The molecule has 5 N–H and O–H groups in total. The van der Waals surface area contributed by atoms with Crippen LogP contribution in [0.3, 0.4) is 0 Å². The Morgan fingerprint density at radius 3 is 2.65 bits per heavy atom. The third-order valence-corrected chi connectivity index (χ3v) is 2.50. The van der Waals surface area contributed by atoms with Gasteiger partial charge in [0.05, 0.1) is 12.1 Å². The fourth-order valence-electron chi connectivity index (χ4n) is 1.62. The Hall–Kier alpha value is -2.96. The molecular formula is C13H13N3O4. The van der Waals surface area contributed by atoms with Gasteiger partial charge in [-0.05, 0) is 24.3 Å². The van der Waals surface area contributed by atoms with Crippen molar-refractivity contribution in [3.63, 3.8) is 0 Å². The van der Waals surface area contributed by atoms with Gasteiger partial charge in [-0.15, -0.1) is 0 Å². The van der Waals surface area contributed by atoms with Crippen LogP contribution in [0.15, 0.2) is 41.0 Å². The number of urea groups is 1. The van der Waals surface area contributed by atoms with E-state index in [1.54, 1.807) is 24.3 Å². The Kier molecular flexibility index (Phi) is 3.90. The van der Waals surface area contributed by atoms with Gasteiger partial charge in [-0.1, -0.05) is 6.07 Å². The van der Waals surface area contributed by atoms with Crippen LogP contribution in [0.2, 0.25) is 0 Å². The lowest BCUT2D eigenvalue weighted by atomic mass is 10.2. The summed E-state index contributed by atoms with van der Waals surface area (Å²) >= 11 is 0. The highest BCUT2D eigenvalue weighted by atomic mass is 16.4. The second kappa shape index (κ2) is 5.79. The number of benzene rings is 1. The van der Waals surface area contributed by atoms with Crippen LogP contribution in [0, 0.1) is 0 Å². The Labute approximate surface area is 114 Å². The van der Waals surface area contributed by atoms with Crippen LogP contribution in [0.5, 0.6) is 0 Å². The molecule has 0 unspecified atom stereocenters. The molecule has 0 spiro atoms. The minimum Gasteiger partial charge on any atom is -0.478 e. The number of carboxylic acids is 1. The van der Waals surface area contributed by atoms with Crippen molar-refractivity contribution in [1.82, 2.24) is 0 Å². The average Bonchev–Trinajstić information content (AvgIpc) is 2.85. The number of nitrogens with two attached hydrogens (primary N) is 1. The molecule has 1 aromatic carbocycles. The Bertz CT molecular complexity index is 636. The molecule has 0 aliphatic rings. The summed E-state index contributed by atoms with van der Waals surface area (Å²) in [6, 6.07) is 7.75. The summed E-state index contributed by atoms with van der Waals surface area (Å²) in [5.41, 5.74) is 6.44. The molecule has 1 aromatic heterocycles. The molecular weight excluding hydrogens is 262 g/mol. The number of hydrogen-bond donors (Lipinski definition) is 4. The predicted octanol–water partition coefficient (Wildman–Crippen LogP) is 2.08. The number of amides is 2. The molecule has 0 fully saturated rings. The molecule has 2 amide bonds. The van der Waals surface area contributed by atoms with Gasteiger partial charge in [0, 0.05) is 11.4 Å². The molecule has 104 valence electrons. The molecule has 0 saturated heterocycles. The minimum absolute atomic E-state index is 0.103.